The third-order valence-electron chi connectivity index (χ3n) is 3.99. The van der Waals surface area contributed by atoms with E-state index in [2.05, 4.69) is 0 Å². The van der Waals surface area contributed by atoms with Crippen LogP contribution in [0.5, 0.6) is 0 Å². The molecule has 0 bridgehead atoms. The van der Waals surface area contributed by atoms with E-state index in [1.807, 2.05) is 29.2 Å². The number of halogens is 1. The normalized spacial score (nSPS) is 22.1. The number of hydrogen-bond acceptors (Lipinski definition) is 3. The average molecular weight is 325 g/mol. The van der Waals surface area contributed by atoms with Crippen molar-refractivity contribution in [2.45, 2.75) is 18.9 Å². The molecule has 1 unspecified atom stereocenters. The van der Waals surface area contributed by atoms with Gasteiger partial charge < -0.3 is 9.80 Å². The molecule has 1 atom stereocenters. The first-order valence-corrected chi connectivity index (χ1v) is 8.59. The van der Waals surface area contributed by atoms with Crippen LogP contribution in [0, 0.1) is 0 Å². The first-order chi connectivity index (χ1) is 10.2. The van der Waals surface area contributed by atoms with E-state index >= 15 is 0 Å². The van der Waals surface area contributed by atoms with Gasteiger partial charge in [0, 0.05) is 11.6 Å². The van der Waals surface area contributed by atoms with Crippen molar-refractivity contribution in [3.8, 4) is 0 Å². The highest BCUT2D eigenvalue weighted by atomic mass is 35.5. The first kappa shape index (κ1) is 14.7. The fourth-order valence-electron chi connectivity index (χ4n) is 2.93. The van der Waals surface area contributed by atoms with Gasteiger partial charge in [0.1, 0.15) is 6.54 Å². The Morgan fingerprint density at radius 2 is 2.19 bits per heavy atom. The predicted molar refractivity (Wildman–Crippen MR) is 84.2 cm³/mol. The molecule has 21 heavy (non-hydrogen) atoms. The number of thioether (sulfide) groups is 1. The molecule has 0 spiro atoms. The molecule has 0 N–H and O–H groups in total. The van der Waals surface area contributed by atoms with Crippen LogP contribution in [0.25, 0.3) is 0 Å². The Kier molecular flexibility index (Phi) is 4.40. The third-order valence-corrected chi connectivity index (χ3v) is 5.28. The first-order valence-electron chi connectivity index (χ1n) is 7.06. The lowest BCUT2D eigenvalue weighted by atomic mass is 10.0. The van der Waals surface area contributed by atoms with E-state index in [0.29, 0.717) is 16.7 Å². The standard InChI is InChI=1S/C15H17ClN2O2S/c16-12-5-2-1-4-11(12)13-6-3-7-18(13)14(19)8-17-10-21-9-15(17)20/h1-2,4-5,13H,3,6-10H2. The number of carbonyl (C=O) groups excluding carboxylic acids is 2. The summed E-state index contributed by atoms with van der Waals surface area (Å²) < 4.78 is 0. The monoisotopic (exact) mass is 324 g/mol. The lowest BCUT2D eigenvalue weighted by Gasteiger charge is -2.27. The molecular weight excluding hydrogens is 308 g/mol. The lowest BCUT2D eigenvalue weighted by molar-refractivity contribution is -0.138. The number of rotatable bonds is 3. The summed E-state index contributed by atoms with van der Waals surface area (Å²) >= 11 is 7.82. The molecule has 112 valence electrons. The molecule has 2 amide bonds. The second kappa shape index (κ2) is 6.28. The number of carbonyl (C=O) groups is 2. The number of amides is 2. The van der Waals surface area contributed by atoms with Crippen molar-refractivity contribution in [3.05, 3.63) is 34.9 Å². The highest BCUT2D eigenvalue weighted by molar-refractivity contribution is 8.00. The molecule has 2 saturated heterocycles. The maximum atomic E-state index is 12.5. The SMILES string of the molecule is O=C1CSCN1CC(=O)N1CCCC1c1ccccc1Cl. The van der Waals surface area contributed by atoms with Gasteiger partial charge in [-0.2, -0.15) is 0 Å². The van der Waals surface area contributed by atoms with E-state index in [4.69, 9.17) is 11.6 Å². The Morgan fingerprint density at radius 3 is 2.90 bits per heavy atom. The van der Waals surface area contributed by atoms with Crippen LogP contribution in [-0.4, -0.2) is 46.3 Å². The van der Waals surface area contributed by atoms with Gasteiger partial charge in [0.25, 0.3) is 0 Å². The minimum absolute atomic E-state index is 0.0215. The van der Waals surface area contributed by atoms with Crippen LogP contribution in [0.4, 0.5) is 0 Å². The quantitative estimate of drug-likeness (QED) is 0.858. The van der Waals surface area contributed by atoms with Crippen LogP contribution in [0.2, 0.25) is 5.02 Å². The van der Waals surface area contributed by atoms with E-state index in [0.717, 1.165) is 24.9 Å². The highest BCUT2D eigenvalue weighted by Crippen LogP contribution is 2.35. The molecule has 2 aliphatic rings. The van der Waals surface area contributed by atoms with Gasteiger partial charge in [0.2, 0.25) is 11.8 Å². The van der Waals surface area contributed by atoms with Gasteiger partial charge >= 0.3 is 0 Å². The highest BCUT2D eigenvalue weighted by Gasteiger charge is 2.33. The number of nitrogens with zero attached hydrogens (tertiary/aromatic N) is 2. The maximum absolute atomic E-state index is 12.5. The minimum Gasteiger partial charge on any atom is -0.334 e. The molecular formula is C15H17ClN2O2S. The van der Waals surface area contributed by atoms with E-state index in [-0.39, 0.29) is 24.4 Å². The molecule has 2 aliphatic heterocycles. The van der Waals surface area contributed by atoms with Gasteiger partial charge in [0.15, 0.2) is 0 Å². The predicted octanol–water partition coefficient (Wildman–Crippen LogP) is 2.54. The summed E-state index contributed by atoms with van der Waals surface area (Å²) in [5.74, 6) is 1.19. The van der Waals surface area contributed by atoms with Crippen molar-refractivity contribution in [2.24, 2.45) is 0 Å². The Labute approximate surface area is 133 Å². The van der Waals surface area contributed by atoms with Crippen molar-refractivity contribution < 1.29 is 9.59 Å². The topological polar surface area (TPSA) is 40.6 Å². The smallest absolute Gasteiger partial charge is 0.242 e. The van der Waals surface area contributed by atoms with Crippen LogP contribution in [0.3, 0.4) is 0 Å². The Hall–Kier alpha value is -1.20. The Bertz CT molecular complexity index is 566. The molecule has 4 nitrogen and oxygen atoms in total. The summed E-state index contributed by atoms with van der Waals surface area (Å²) in [6, 6.07) is 7.72. The van der Waals surface area contributed by atoms with Gasteiger partial charge in [-0.15, -0.1) is 11.8 Å². The second-order valence-corrected chi connectivity index (χ2v) is 6.70. The second-order valence-electron chi connectivity index (χ2n) is 5.34. The maximum Gasteiger partial charge on any atom is 0.242 e. The van der Waals surface area contributed by atoms with Gasteiger partial charge in [-0.3, -0.25) is 9.59 Å². The van der Waals surface area contributed by atoms with Gasteiger partial charge in [-0.05, 0) is 24.5 Å². The molecule has 3 rings (SSSR count). The summed E-state index contributed by atoms with van der Waals surface area (Å²) in [6.45, 7) is 0.927. The van der Waals surface area contributed by atoms with Gasteiger partial charge in [-0.1, -0.05) is 29.8 Å². The Morgan fingerprint density at radius 1 is 1.38 bits per heavy atom. The zero-order valence-corrected chi connectivity index (χ0v) is 13.2. The van der Waals surface area contributed by atoms with Crippen molar-refractivity contribution in [3.63, 3.8) is 0 Å². The molecule has 2 fully saturated rings. The van der Waals surface area contributed by atoms with Crippen LogP contribution < -0.4 is 0 Å². The fraction of sp³-hybridized carbons (Fsp3) is 0.467. The fourth-order valence-corrected chi connectivity index (χ4v) is 4.09. The number of likely N-dealkylation sites (tertiary alicyclic amines) is 1. The minimum atomic E-state index is 0.0215. The molecule has 1 aromatic rings. The zero-order valence-electron chi connectivity index (χ0n) is 11.6. The number of benzene rings is 1. The molecule has 0 aromatic heterocycles. The van der Waals surface area contributed by atoms with Gasteiger partial charge in [-0.25, -0.2) is 0 Å². The van der Waals surface area contributed by atoms with Crippen molar-refractivity contribution in [1.82, 2.24) is 9.80 Å². The van der Waals surface area contributed by atoms with Gasteiger partial charge in [0.05, 0.1) is 17.7 Å². The molecule has 0 saturated carbocycles. The third kappa shape index (κ3) is 3.04. The van der Waals surface area contributed by atoms with E-state index < -0.39 is 0 Å². The molecule has 1 aromatic carbocycles. The van der Waals surface area contributed by atoms with Crippen LogP contribution >= 0.6 is 23.4 Å². The number of hydrogen-bond donors (Lipinski definition) is 0. The summed E-state index contributed by atoms with van der Waals surface area (Å²) in [7, 11) is 0. The summed E-state index contributed by atoms with van der Waals surface area (Å²) in [4.78, 5) is 27.7. The van der Waals surface area contributed by atoms with Crippen LogP contribution in [0.1, 0.15) is 24.4 Å². The van der Waals surface area contributed by atoms with Crippen LogP contribution in [0.15, 0.2) is 24.3 Å². The molecule has 0 radical (unpaired) electrons. The van der Waals surface area contributed by atoms with E-state index in [9.17, 15) is 9.59 Å². The molecule has 2 heterocycles. The molecule has 6 heteroatoms. The van der Waals surface area contributed by atoms with Crippen molar-refractivity contribution in [1.29, 1.82) is 0 Å². The molecule has 0 aliphatic carbocycles. The summed E-state index contributed by atoms with van der Waals surface area (Å²) in [5, 5.41) is 0.704. The van der Waals surface area contributed by atoms with E-state index in [1.165, 1.54) is 0 Å². The lowest BCUT2D eigenvalue weighted by Crippen LogP contribution is -2.40. The van der Waals surface area contributed by atoms with Crippen molar-refractivity contribution >= 4 is 35.2 Å². The summed E-state index contributed by atoms with van der Waals surface area (Å²) in [6.07, 6.45) is 1.91. The largest absolute Gasteiger partial charge is 0.334 e. The summed E-state index contributed by atoms with van der Waals surface area (Å²) in [5.41, 5.74) is 1.01. The average Bonchev–Trinajstić information content (AvgIpc) is 3.09. The van der Waals surface area contributed by atoms with Crippen LogP contribution in [-0.2, 0) is 9.59 Å². The zero-order chi connectivity index (χ0) is 14.8. The van der Waals surface area contributed by atoms with Crippen molar-refractivity contribution in [2.75, 3.05) is 24.7 Å². The Balaban J connectivity index is 1.73. The van der Waals surface area contributed by atoms with E-state index in [1.54, 1.807) is 16.7 Å².